The molecule has 2 heterocycles. The number of rotatable bonds is 4. The predicted octanol–water partition coefficient (Wildman–Crippen LogP) is 2.26. The number of aromatic nitrogens is 4. The molecule has 0 aliphatic rings. The van der Waals surface area contributed by atoms with E-state index in [1.165, 1.54) is 0 Å². The second-order valence-corrected chi connectivity index (χ2v) is 5.27. The van der Waals surface area contributed by atoms with Gasteiger partial charge in [0.25, 0.3) is 0 Å². The summed E-state index contributed by atoms with van der Waals surface area (Å²) in [6, 6.07) is 9.67. The smallest absolute Gasteiger partial charge is 0.228 e. The largest absolute Gasteiger partial charge is 0.497 e. The van der Waals surface area contributed by atoms with Crippen LogP contribution in [0.5, 0.6) is 5.75 Å². The Morgan fingerprint density at radius 2 is 1.70 bits per heavy atom. The highest BCUT2D eigenvalue weighted by Gasteiger charge is 2.15. The van der Waals surface area contributed by atoms with Gasteiger partial charge in [-0.05, 0) is 30.3 Å². The van der Waals surface area contributed by atoms with Crippen LogP contribution >= 0.6 is 0 Å². The van der Waals surface area contributed by atoms with Crippen LogP contribution in [0.3, 0.4) is 0 Å². The molecule has 3 aromatic rings. The molecule has 0 aliphatic heterocycles. The summed E-state index contributed by atoms with van der Waals surface area (Å²) in [6.45, 7) is 0. The summed E-state index contributed by atoms with van der Waals surface area (Å²) in [6.07, 6.45) is 1.65. The Balaban J connectivity index is 2.12. The molecular formula is C16H18N6O. The van der Waals surface area contributed by atoms with Gasteiger partial charge in [0.15, 0.2) is 5.65 Å². The van der Waals surface area contributed by atoms with Gasteiger partial charge in [-0.3, -0.25) is 0 Å². The van der Waals surface area contributed by atoms with Crippen LogP contribution < -0.4 is 14.5 Å². The van der Waals surface area contributed by atoms with E-state index >= 15 is 0 Å². The highest BCUT2D eigenvalue weighted by molar-refractivity contribution is 5.89. The number of hydrogen-bond donors (Lipinski definition) is 0. The second-order valence-electron chi connectivity index (χ2n) is 5.27. The van der Waals surface area contributed by atoms with Crippen molar-refractivity contribution < 1.29 is 4.74 Å². The summed E-state index contributed by atoms with van der Waals surface area (Å²) in [4.78, 5) is 12.9. The monoisotopic (exact) mass is 310 g/mol. The van der Waals surface area contributed by atoms with Gasteiger partial charge < -0.3 is 14.5 Å². The number of fused-ring (bicyclic) bond motifs is 1. The molecule has 118 valence electrons. The molecule has 0 spiro atoms. The Bertz CT molecular complexity index is 818. The molecule has 1 aromatic carbocycles. The maximum Gasteiger partial charge on any atom is 0.228 e. The van der Waals surface area contributed by atoms with Crippen LogP contribution in [-0.2, 0) is 0 Å². The molecular weight excluding hydrogens is 292 g/mol. The molecule has 0 amide bonds. The van der Waals surface area contributed by atoms with E-state index in [1.807, 2.05) is 61.3 Å². The number of hydrogen-bond acceptors (Lipinski definition) is 7. The first kappa shape index (κ1) is 15.0. The molecule has 0 saturated carbocycles. The van der Waals surface area contributed by atoms with Crippen LogP contribution in [0.15, 0.2) is 36.5 Å². The summed E-state index contributed by atoms with van der Waals surface area (Å²) in [5.41, 5.74) is 1.56. The topological polar surface area (TPSA) is 67.3 Å². The third-order valence-corrected chi connectivity index (χ3v) is 3.53. The molecule has 0 unspecified atom stereocenters. The van der Waals surface area contributed by atoms with Crippen LogP contribution in [0.2, 0.25) is 0 Å². The zero-order chi connectivity index (χ0) is 16.4. The lowest BCUT2D eigenvalue weighted by molar-refractivity contribution is 0.415. The van der Waals surface area contributed by atoms with Gasteiger partial charge in [0, 0.05) is 26.8 Å². The van der Waals surface area contributed by atoms with E-state index in [1.54, 1.807) is 13.3 Å². The molecule has 3 rings (SSSR count). The van der Waals surface area contributed by atoms with Crippen molar-refractivity contribution in [2.75, 3.05) is 38.1 Å². The number of methoxy groups -OCH3 is 1. The molecule has 0 atom stereocenters. The Kier molecular flexibility index (Phi) is 3.92. The van der Waals surface area contributed by atoms with Crippen molar-refractivity contribution in [2.45, 2.75) is 0 Å². The summed E-state index contributed by atoms with van der Waals surface area (Å²) < 4.78 is 5.21. The Morgan fingerprint density at radius 1 is 0.957 bits per heavy atom. The molecule has 0 radical (unpaired) electrons. The van der Waals surface area contributed by atoms with E-state index in [0.29, 0.717) is 11.6 Å². The zero-order valence-corrected chi connectivity index (χ0v) is 13.6. The molecule has 0 fully saturated rings. The summed E-state index contributed by atoms with van der Waals surface area (Å²) in [7, 11) is 7.41. The highest BCUT2D eigenvalue weighted by Crippen LogP contribution is 2.30. The van der Waals surface area contributed by atoms with E-state index in [9.17, 15) is 0 Å². The first-order valence-electron chi connectivity index (χ1n) is 7.14. The Hall–Kier alpha value is -2.96. The average Bonchev–Trinajstić information content (AvgIpc) is 2.60. The quantitative estimate of drug-likeness (QED) is 0.732. The van der Waals surface area contributed by atoms with Crippen molar-refractivity contribution in [2.24, 2.45) is 0 Å². The lowest BCUT2D eigenvalue weighted by Crippen LogP contribution is -2.18. The fourth-order valence-electron chi connectivity index (χ4n) is 2.24. The van der Waals surface area contributed by atoms with E-state index in [0.717, 1.165) is 22.6 Å². The Morgan fingerprint density at radius 3 is 2.35 bits per heavy atom. The second kappa shape index (κ2) is 6.04. The third kappa shape index (κ3) is 2.85. The number of anilines is 3. The van der Waals surface area contributed by atoms with Crippen LogP contribution in [0, 0.1) is 0 Å². The van der Waals surface area contributed by atoms with Gasteiger partial charge in [-0.2, -0.15) is 15.1 Å². The highest BCUT2D eigenvalue weighted by atomic mass is 16.5. The van der Waals surface area contributed by atoms with Gasteiger partial charge >= 0.3 is 0 Å². The standard InChI is InChI=1S/C16H18N6O/c1-21(2)16-18-14-13(9-10-17-20-14)15(19-16)22(3)11-5-7-12(23-4)8-6-11/h5-10H,1-4H3. The predicted molar refractivity (Wildman–Crippen MR) is 90.5 cm³/mol. The Labute approximate surface area is 134 Å². The summed E-state index contributed by atoms with van der Waals surface area (Å²) >= 11 is 0. The SMILES string of the molecule is COc1ccc(N(C)c2nc(N(C)C)nc3nnccc23)cc1. The molecule has 0 aliphatic carbocycles. The van der Waals surface area contributed by atoms with Crippen LogP contribution in [0.1, 0.15) is 0 Å². The van der Waals surface area contributed by atoms with Gasteiger partial charge in [-0.25, -0.2) is 0 Å². The molecule has 7 heteroatoms. The minimum atomic E-state index is 0.571. The minimum Gasteiger partial charge on any atom is -0.497 e. The molecule has 7 nitrogen and oxygen atoms in total. The van der Waals surface area contributed by atoms with Crippen molar-refractivity contribution in [1.82, 2.24) is 20.2 Å². The van der Waals surface area contributed by atoms with Crippen molar-refractivity contribution in [1.29, 1.82) is 0 Å². The normalized spacial score (nSPS) is 10.6. The first-order valence-corrected chi connectivity index (χ1v) is 7.14. The molecule has 0 N–H and O–H groups in total. The molecule has 0 bridgehead atoms. The number of benzene rings is 1. The van der Waals surface area contributed by atoms with Crippen LogP contribution in [-0.4, -0.2) is 48.4 Å². The van der Waals surface area contributed by atoms with Crippen molar-refractivity contribution in [3.05, 3.63) is 36.5 Å². The fourth-order valence-corrected chi connectivity index (χ4v) is 2.24. The van der Waals surface area contributed by atoms with E-state index in [-0.39, 0.29) is 0 Å². The van der Waals surface area contributed by atoms with E-state index < -0.39 is 0 Å². The van der Waals surface area contributed by atoms with Gasteiger partial charge in [0.05, 0.1) is 18.7 Å². The lowest BCUT2D eigenvalue weighted by atomic mass is 10.2. The summed E-state index contributed by atoms with van der Waals surface area (Å²) in [5.74, 6) is 2.18. The van der Waals surface area contributed by atoms with Gasteiger partial charge in [0.1, 0.15) is 11.6 Å². The lowest BCUT2D eigenvalue weighted by Gasteiger charge is -2.21. The van der Waals surface area contributed by atoms with Gasteiger partial charge in [-0.1, -0.05) is 0 Å². The van der Waals surface area contributed by atoms with E-state index in [2.05, 4.69) is 20.2 Å². The van der Waals surface area contributed by atoms with E-state index in [4.69, 9.17) is 4.74 Å². The van der Waals surface area contributed by atoms with Crippen LogP contribution in [0.25, 0.3) is 11.0 Å². The van der Waals surface area contributed by atoms with Crippen LogP contribution in [0.4, 0.5) is 17.5 Å². The third-order valence-electron chi connectivity index (χ3n) is 3.53. The zero-order valence-electron chi connectivity index (χ0n) is 13.6. The summed E-state index contributed by atoms with van der Waals surface area (Å²) in [5, 5.41) is 8.88. The molecule has 0 saturated heterocycles. The average molecular weight is 310 g/mol. The molecule has 2 aromatic heterocycles. The van der Waals surface area contributed by atoms with Gasteiger partial charge in [-0.15, -0.1) is 5.10 Å². The number of nitrogens with zero attached hydrogens (tertiary/aromatic N) is 6. The fraction of sp³-hybridized carbons (Fsp3) is 0.250. The van der Waals surface area contributed by atoms with Crippen molar-refractivity contribution in [3.63, 3.8) is 0 Å². The maximum absolute atomic E-state index is 5.21. The van der Waals surface area contributed by atoms with Gasteiger partial charge in [0.2, 0.25) is 5.95 Å². The maximum atomic E-state index is 5.21. The first-order chi connectivity index (χ1) is 11.1. The van der Waals surface area contributed by atoms with Crippen molar-refractivity contribution in [3.8, 4) is 5.75 Å². The van der Waals surface area contributed by atoms with Crippen molar-refractivity contribution >= 4 is 28.5 Å². The molecule has 23 heavy (non-hydrogen) atoms. The minimum absolute atomic E-state index is 0.571. The number of ether oxygens (including phenoxy) is 1.